The van der Waals surface area contributed by atoms with Gasteiger partial charge in [-0.1, -0.05) is 53.7 Å². The Morgan fingerprint density at radius 3 is 2.34 bits per heavy atom. The molecule has 0 bridgehead atoms. The number of para-hydroxylation sites is 2. The van der Waals surface area contributed by atoms with E-state index in [9.17, 15) is 19.2 Å². The molecule has 1 aliphatic heterocycles. The van der Waals surface area contributed by atoms with Crippen LogP contribution in [0.1, 0.15) is 11.1 Å². The molecule has 1 atom stereocenters. The second-order valence-corrected chi connectivity index (χ2v) is 8.76. The third-order valence-electron chi connectivity index (χ3n) is 5.17. The van der Waals surface area contributed by atoms with Gasteiger partial charge in [0.15, 0.2) is 0 Å². The van der Waals surface area contributed by atoms with Crippen molar-refractivity contribution < 1.29 is 14.0 Å². The monoisotopic (exact) mass is 485 g/mol. The van der Waals surface area contributed by atoms with E-state index in [4.69, 9.17) is 5.73 Å². The van der Waals surface area contributed by atoms with Gasteiger partial charge in [-0.15, -0.1) is 0 Å². The van der Waals surface area contributed by atoms with Crippen molar-refractivity contribution >= 4 is 45.7 Å². The fourth-order valence-electron chi connectivity index (χ4n) is 3.37. The predicted molar refractivity (Wildman–Crippen MR) is 136 cm³/mol. The molecule has 0 spiro atoms. The first-order chi connectivity index (χ1) is 16.9. The molecular weight excluding hydrogens is 465 g/mol. The molecule has 174 valence electrons. The van der Waals surface area contributed by atoms with Crippen LogP contribution >= 0.6 is 11.8 Å². The molecule has 1 heterocycles. The summed E-state index contributed by atoms with van der Waals surface area (Å²) in [6.45, 7) is 1.94. The number of aliphatic imine (C=N–C) groups is 1. The first-order valence-electron chi connectivity index (χ1n) is 10.5. The molecule has 0 fully saturated rings. The Bertz CT molecular complexity index is 1410. The van der Waals surface area contributed by atoms with Gasteiger partial charge in [-0.2, -0.15) is 5.26 Å². The zero-order valence-electron chi connectivity index (χ0n) is 18.6. The molecule has 4 rings (SSSR count). The molecule has 3 aromatic carbocycles. The van der Waals surface area contributed by atoms with Gasteiger partial charge in [-0.3, -0.25) is 9.59 Å². The van der Waals surface area contributed by atoms with Crippen LogP contribution in [0.15, 0.2) is 89.1 Å². The minimum atomic E-state index is -0.979. The Kier molecular flexibility index (Phi) is 6.94. The average molecular weight is 486 g/mol. The van der Waals surface area contributed by atoms with Crippen molar-refractivity contribution in [3.8, 4) is 6.07 Å². The zero-order chi connectivity index (χ0) is 24.9. The number of rotatable bonds is 5. The highest BCUT2D eigenvalue weighted by Gasteiger charge is 2.38. The van der Waals surface area contributed by atoms with Crippen molar-refractivity contribution in [1.29, 1.82) is 5.26 Å². The summed E-state index contributed by atoms with van der Waals surface area (Å²) < 4.78 is 14.1. The van der Waals surface area contributed by atoms with Gasteiger partial charge in [0, 0.05) is 5.70 Å². The lowest BCUT2D eigenvalue weighted by molar-refractivity contribution is -0.115. The van der Waals surface area contributed by atoms with E-state index in [1.165, 1.54) is 18.2 Å². The van der Waals surface area contributed by atoms with Crippen LogP contribution in [0.25, 0.3) is 0 Å². The molecule has 9 heteroatoms. The maximum atomic E-state index is 14.1. The van der Waals surface area contributed by atoms with E-state index in [1.54, 1.807) is 42.5 Å². The van der Waals surface area contributed by atoms with Crippen LogP contribution in [0.4, 0.5) is 21.5 Å². The van der Waals surface area contributed by atoms with Crippen molar-refractivity contribution in [1.82, 2.24) is 0 Å². The number of thioether (sulfide) groups is 1. The normalized spacial score (nSPS) is 16.1. The van der Waals surface area contributed by atoms with Crippen molar-refractivity contribution in [2.75, 3.05) is 10.6 Å². The number of nitrogens with two attached hydrogens (primary N) is 1. The first-order valence-corrected chi connectivity index (χ1v) is 11.4. The van der Waals surface area contributed by atoms with E-state index in [0.717, 1.165) is 17.3 Å². The van der Waals surface area contributed by atoms with Crippen LogP contribution in [0.2, 0.25) is 0 Å². The molecule has 0 aliphatic carbocycles. The Morgan fingerprint density at radius 1 is 1.00 bits per heavy atom. The van der Waals surface area contributed by atoms with E-state index in [0.29, 0.717) is 11.4 Å². The van der Waals surface area contributed by atoms with Gasteiger partial charge in [0.05, 0.1) is 28.2 Å². The number of carbonyl (C=O) groups excluding carboxylic acids is 2. The quantitative estimate of drug-likeness (QED) is 0.486. The fraction of sp³-hybridized carbons (Fsp3) is 0.0769. The lowest BCUT2D eigenvalue weighted by Crippen LogP contribution is -2.29. The Morgan fingerprint density at radius 2 is 1.66 bits per heavy atom. The smallest absolute Gasteiger partial charge is 0.260 e. The summed E-state index contributed by atoms with van der Waals surface area (Å²) in [5, 5.41) is 13.8. The standard InChI is InChI=1S/C26H20FN5O2S/c1-15-10-12-17(13-11-15)30-26-21(24(33)32-20-9-5-3-7-18(20)27)22(29)23(35-26)25(34)31-19-8-4-2-6-16(19)14-28/h2-13,23H,29H2,1H3,(H,31,34)(H,32,33). The van der Waals surface area contributed by atoms with Gasteiger partial charge in [0.25, 0.3) is 5.91 Å². The van der Waals surface area contributed by atoms with Crippen molar-refractivity contribution in [2.45, 2.75) is 12.2 Å². The number of hydrogen-bond acceptors (Lipinski definition) is 6. The van der Waals surface area contributed by atoms with Gasteiger partial charge < -0.3 is 16.4 Å². The number of nitrogens with one attached hydrogen (secondary N) is 2. The SMILES string of the molecule is Cc1ccc(N=C2SC(C(=O)Nc3ccccc3C#N)C(N)=C2C(=O)Nc2ccccc2F)cc1. The molecule has 2 amide bonds. The number of carbonyl (C=O) groups is 2. The van der Waals surface area contributed by atoms with Gasteiger partial charge in [0.2, 0.25) is 5.91 Å². The van der Waals surface area contributed by atoms with Crippen LogP contribution in [0, 0.1) is 24.1 Å². The van der Waals surface area contributed by atoms with Crippen LogP contribution < -0.4 is 16.4 Å². The number of hydrogen-bond donors (Lipinski definition) is 3. The number of anilines is 2. The van der Waals surface area contributed by atoms with E-state index in [-0.39, 0.29) is 27.6 Å². The molecule has 0 saturated heterocycles. The third-order valence-corrected chi connectivity index (χ3v) is 6.39. The van der Waals surface area contributed by atoms with Crippen LogP contribution in [-0.4, -0.2) is 22.1 Å². The Balaban J connectivity index is 1.69. The number of halogens is 1. The van der Waals surface area contributed by atoms with Gasteiger partial charge in [0.1, 0.15) is 22.2 Å². The number of aryl methyl sites for hydroxylation is 1. The molecule has 35 heavy (non-hydrogen) atoms. The summed E-state index contributed by atoms with van der Waals surface area (Å²) in [6.07, 6.45) is 0. The fourth-order valence-corrected chi connectivity index (χ4v) is 4.49. The number of benzene rings is 3. The van der Waals surface area contributed by atoms with Crippen LogP contribution in [0.5, 0.6) is 0 Å². The highest BCUT2D eigenvalue weighted by atomic mass is 32.2. The second-order valence-electron chi connectivity index (χ2n) is 7.66. The lowest BCUT2D eigenvalue weighted by atomic mass is 10.1. The molecular formula is C26H20FN5O2S. The Hall–Kier alpha value is -4.42. The minimum absolute atomic E-state index is 0.00690. The lowest BCUT2D eigenvalue weighted by Gasteiger charge is -2.12. The molecule has 0 aromatic heterocycles. The largest absolute Gasteiger partial charge is 0.400 e. The van der Waals surface area contributed by atoms with E-state index < -0.39 is 22.9 Å². The van der Waals surface area contributed by atoms with Crippen LogP contribution in [0.3, 0.4) is 0 Å². The third kappa shape index (κ3) is 5.23. The number of nitriles is 1. The molecule has 3 aromatic rings. The topological polar surface area (TPSA) is 120 Å². The molecule has 7 nitrogen and oxygen atoms in total. The van der Waals surface area contributed by atoms with E-state index in [2.05, 4.69) is 15.6 Å². The summed E-state index contributed by atoms with van der Waals surface area (Å²) in [5.74, 6) is -1.80. The van der Waals surface area contributed by atoms with Crippen molar-refractivity contribution in [3.63, 3.8) is 0 Å². The summed E-state index contributed by atoms with van der Waals surface area (Å²) in [5.41, 5.74) is 8.49. The second kappa shape index (κ2) is 10.2. The van der Waals surface area contributed by atoms with Crippen molar-refractivity contribution in [2.24, 2.45) is 10.7 Å². The predicted octanol–water partition coefficient (Wildman–Crippen LogP) is 4.64. The summed E-state index contributed by atoms with van der Waals surface area (Å²) >= 11 is 1.01. The highest BCUT2D eigenvalue weighted by molar-refractivity contribution is 8.16. The van der Waals surface area contributed by atoms with E-state index >= 15 is 0 Å². The average Bonchev–Trinajstić information content (AvgIpc) is 3.18. The maximum absolute atomic E-state index is 14.1. The highest BCUT2D eigenvalue weighted by Crippen LogP contribution is 2.36. The zero-order valence-corrected chi connectivity index (χ0v) is 19.4. The number of nitrogens with zero attached hydrogens (tertiary/aromatic N) is 2. The van der Waals surface area contributed by atoms with Crippen molar-refractivity contribution in [3.05, 3.63) is 101 Å². The van der Waals surface area contributed by atoms with Gasteiger partial charge in [-0.05, 0) is 43.3 Å². The maximum Gasteiger partial charge on any atom is 0.260 e. The van der Waals surface area contributed by atoms with Crippen LogP contribution in [-0.2, 0) is 9.59 Å². The first kappa shape index (κ1) is 23.7. The van der Waals surface area contributed by atoms with Gasteiger partial charge in [-0.25, -0.2) is 9.38 Å². The Labute approximate surface area is 205 Å². The van der Waals surface area contributed by atoms with Gasteiger partial charge >= 0.3 is 0 Å². The summed E-state index contributed by atoms with van der Waals surface area (Å²) in [7, 11) is 0. The molecule has 0 radical (unpaired) electrons. The molecule has 4 N–H and O–H groups in total. The minimum Gasteiger partial charge on any atom is -0.400 e. The summed E-state index contributed by atoms with van der Waals surface area (Å²) in [6, 6.07) is 21.6. The molecule has 0 saturated carbocycles. The van der Waals surface area contributed by atoms with E-state index in [1.807, 2.05) is 25.1 Å². The summed E-state index contributed by atoms with van der Waals surface area (Å²) in [4.78, 5) is 30.8. The number of amides is 2. The molecule has 1 unspecified atom stereocenters. The molecule has 1 aliphatic rings.